The lowest BCUT2D eigenvalue weighted by Crippen LogP contribution is -2.67. The summed E-state index contributed by atoms with van der Waals surface area (Å²) in [5.41, 5.74) is -5.66. The van der Waals surface area contributed by atoms with E-state index in [-0.39, 0.29) is 6.42 Å². The van der Waals surface area contributed by atoms with Crippen LogP contribution in [0.4, 0.5) is 39.5 Å². The molecule has 152 valence electrons. The summed E-state index contributed by atoms with van der Waals surface area (Å²) in [6.45, 7) is 2.92. The van der Waals surface area contributed by atoms with Gasteiger partial charge in [-0.15, -0.1) is 0 Å². The highest BCUT2D eigenvalue weighted by Crippen LogP contribution is 2.58. The van der Waals surface area contributed by atoms with Gasteiger partial charge in [0.15, 0.2) is 0 Å². The zero-order valence-electron chi connectivity index (χ0n) is 13.9. The maximum atomic E-state index is 14.5. The lowest BCUT2D eigenvalue weighted by molar-refractivity contribution is -0.395. The van der Waals surface area contributed by atoms with Crippen molar-refractivity contribution in [3.8, 4) is 0 Å². The topological polar surface area (TPSA) is 0 Å². The Morgan fingerprint density at radius 3 is 1.56 bits per heavy atom. The highest BCUT2D eigenvalue weighted by molar-refractivity contribution is 14.1. The van der Waals surface area contributed by atoms with Gasteiger partial charge in [0.2, 0.25) is 0 Å². The normalized spacial score (nSPS) is 18.7. The molecule has 0 aliphatic heterocycles. The van der Waals surface area contributed by atoms with Gasteiger partial charge in [-0.1, -0.05) is 68.5 Å². The first kappa shape index (κ1) is 25.1. The molecule has 0 aliphatic rings. The largest absolute Gasteiger partial charge is 0.457 e. The second kappa shape index (κ2) is 9.34. The number of rotatable bonds is 10. The van der Waals surface area contributed by atoms with Crippen LogP contribution < -0.4 is 0 Å². The van der Waals surface area contributed by atoms with Crippen molar-refractivity contribution >= 4 is 22.6 Å². The quantitative estimate of drug-likeness (QED) is 0.125. The van der Waals surface area contributed by atoms with E-state index in [1.54, 1.807) is 0 Å². The first-order chi connectivity index (χ1) is 11.2. The van der Waals surface area contributed by atoms with Crippen LogP contribution in [0.5, 0.6) is 0 Å². The minimum Gasteiger partial charge on any atom is -0.226 e. The van der Waals surface area contributed by atoms with Crippen LogP contribution in [-0.4, -0.2) is 27.9 Å². The van der Waals surface area contributed by atoms with Crippen LogP contribution in [0, 0.1) is 5.92 Å². The van der Waals surface area contributed by atoms with E-state index >= 15 is 0 Å². The summed E-state index contributed by atoms with van der Waals surface area (Å²) in [4.78, 5) is 0. The van der Waals surface area contributed by atoms with E-state index in [1.165, 1.54) is 22.6 Å². The molecule has 0 heterocycles. The van der Waals surface area contributed by atoms with Crippen LogP contribution >= 0.6 is 22.6 Å². The van der Waals surface area contributed by atoms with E-state index in [0.29, 0.717) is 12.8 Å². The van der Waals surface area contributed by atoms with Gasteiger partial charge >= 0.3 is 18.3 Å². The molecule has 0 aromatic rings. The van der Waals surface area contributed by atoms with E-state index in [2.05, 4.69) is 0 Å². The van der Waals surface area contributed by atoms with Crippen molar-refractivity contribution in [1.29, 1.82) is 0 Å². The van der Waals surface area contributed by atoms with Crippen LogP contribution in [0.25, 0.3) is 0 Å². The molecule has 3 atom stereocenters. The van der Waals surface area contributed by atoms with E-state index < -0.39 is 40.2 Å². The average Bonchev–Trinajstić information content (AvgIpc) is 2.45. The van der Waals surface area contributed by atoms with Gasteiger partial charge in [-0.05, 0) is 12.8 Å². The van der Waals surface area contributed by atoms with Crippen LogP contribution in [-0.2, 0) is 0 Å². The highest BCUT2D eigenvalue weighted by Gasteiger charge is 2.83. The monoisotopic (exact) mass is 500 g/mol. The van der Waals surface area contributed by atoms with Crippen LogP contribution in [0.15, 0.2) is 0 Å². The predicted molar refractivity (Wildman–Crippen MR) is 85.9 cm³/mol. The maximum Gasteiger partial charge on any atom is 0.457 e. The number of hydrogen-bond donors (Lipinski definition) is 0. The minimum absolute atomic E-state index is 0.0571. The average molecular weight is 500 g/mol. The lowest BCUT2D eigenvalue weighted by Gasteiger charge is -2.42. The SMILES string of the molecule is CCCCCCCC(I)C(CC)C(F)(C(F)(F)F)C(F)(F)C(F)(F)F. The molecule has 0 radical (unpaired) electrons. The molecule has 0 saturated heterocycles. The van der Waals surface area contributed by atoms with Gasteiger partial charge < -0.3 is 0 Å². The maximum absolute atomic E-state index is 14.5. The Morgan fingerprint density at radius 2 is 1.20 bits per heavy atom. The van der Waals surface area contributed by atoms with Gasteiger partial charge in [0.1, 0.15) is 0 Å². The van der Waals surface area contributed by atoms with Gasteiger partial charge in [-0.25, -0.2) is 4.39 Å². The molecule has 0 nitrogen and oxygen atoms in total. The molecule has 0 aliphatic carbocycles. The van der Waals surface area contributed by atoms with Crippen LogP contribution in [0.3, 0.4) is 0 Å². The molecular formula is C15H22F9I. The second-order valence-electron chi connectivity index (χ2n) is 6.02. The van der Waals surface area contributed by atoms with Gasteiger partial charge in [-0.3, -0.25) is 0 Å². The molecule has 0 aromatic carbocycles. The second-order valence-corrected chi connectivity index (χ2v) is 7.62. The third-order valence-corrected chi connectivity index (χ3v) is 5.69. The van der Waals surface area contributed by atoms with Crippen molar-refractivity contribution < 1.29 is 39.5 Å². The Kier molecular flexibility index (Phi) is 9.38. The summed E-state index contributed by atoms with van der Waals surface area (Å²) in [7, 11) is 0. The molecule has 0 amide bonds. The summed E-state index contributed by atoms with van der Waals surface area (Å²) in [6.07, 6.45) is -10.3. The summed E-state index contributed by atoms with van der Waals surface area (Å²) >= 11 is 1.36. The van der Waals surface area contributed by atoms with Crippen molar-refractivity contribution in [1.82, 2.24) is 0 Å². The highest BCUT2D eigenvalue weighted by atomic mass is 127. The van der Waals surface area contributed by atoms with Gasteiger partial charge in [0.05, 0.1) is 0 Å². The van der Waals surface area contributed by atoms with Crippen molar-refractivity contribution in [3.05, 3.63) is 0 Å². The number of halogens is 10. The van der Waals surface area contributed by atoms with E-state index in [1.807, 2.05) is 6.92 Å². The van der Waals surface area contributed by atoms with E-state index in [0.717, 1.165) is 26.2 Å². The number of hydrogen-bond acceptors (Lipinski definition) is 0. The molecule has 25 heavy (non-hydrogen) atoms. The zero-order valence-corrected chi connectivity index (χ0v) is 16.0. The van der Waals surface area contributed by atoms with E-state index in [4.69, 9.17) is 0 Å². The summed E-state index contributed by atoms with van der Waals surface area (Å²) in [5, 5.41) is 0. The molecule has 0 aromatic heterocycles. The van der Waals surface area contributed by atoms with Crippen LogP contribution in [0.1, 0.15) is 58.8 Å². The van der Waals surface area contributed by atoms with Gasteiger partial charge in [-0.2, -0.15) is 35.1 Å². The Morgan fingerprint density at radius 1 is 0.720 bits per heavy atom. The number of unbranched alkanes of at least 4 members (excludes halogenated alkanes) is 4. The van der Waals surface area contributed by atoms with Crippen molar-refractivity contribution in [2.45, 2.75) is 86.7 Å². The fraction of sp³-hybridized carbons (Fsp3) is 1.00. The van der Waals surface area contributed by atoms with Gasteiger partial charge in [0.25, 0.3) is 5.67 Å². The molecule has 10 heteroatoms. The van der Waals surface area contributed by atoms with Crippen LogP contribution in [0.2, 0.25) is 0 Å². The molecule has 3 unspecified atom stereocenters. The molecule has 0 spiro atoms. The smallest absolute Gasteiger partial charge is 0.226 e. The third-order valence-electron chi connectivity index (χ3n) is 4.20. The predicted octanol–water partition coefficient (Wildman–Crippen LogP) is 7.64. The minimum atomic E-state index is -6.64. The lowest BCUT2D eigenvalue weighted by atomic mass is 9.77. The summed E-state index contributed by atoms with van der Waals surface area (Å²) in [6, 6.07) is 0. The van der Waals surface area contributed by atoms with Crippen molar-refractivity contribution in [3.63, 3.8) is 0 Å². The standard InChI is InChI=1S/C15H22F9I/c1-3-5-6-7-8-9-11(25)10(4-2)12(16,14(19,20)21)13(17,18)15(22,23)24/h10-11H,3-9H2,1-2H3. The molecule has 0 saturated carbocycles. The first-order valence-electron chi connectivity index (χ1n) is 8.02. The van der Waals surface area contributed by atoms with Gasteiger partial charge in [0, 0.05) is 9.84 Å². The Hall–Kier alpha value is 0.1000. The Balaban J connectivity index is 5.55. The fourth-order valence-electron chi connectivity index (χ4n) is 2.76. The van der Waals surface area contributed by atoms with Crippen molar-refractivity contribution in [2.75, 3.05) is 0 Å². The summed E-state index contributed by atoms with van der Waals surface area (Å²) in [5.74, 6) is -9.03. The van der Waals surface area contributed by atoms with Crippen molar-refractivity contribution in [2.24, 2.45) is 5.92 Å². The number of alkyl halides is 10. The molecular weight excluding hydrogens is 478 g/mol. The zero-order chi connectivity index (χ0) is 20.1. The van der Waals surface area contributed by atoms with E-state index in [9.17, 15) is 39.5 Å². The Labute approximate surface area is 155 Å². The Bertz CT molecular complexity index is 391. The molecule has 0 N–H and O–H groups in total. The fourth-order valence-corrected chi connectivity index (χ4v) is 4.20. The molecule has 0 bridgehead atoms. The third kappa shape index (κ3) is 5.54. The molecule has 0 fully saturated rings. The summed E-state index contributed by atoms with van der Waals surface area (Å²) < 4.78 is 117. The first-order valence-corrected chi connectivity index (χ1v) is 9.27. The molecule has 0 rings (SSSR count).